The highest BCUT2D eigenvalue weighted by atomic mass is 15.3. The van der Waals surface area contributed by atoms with E-state index < -0.39 is 0 Å². The van der Waals surface area contributed by atoms with E-state index in [1.165, 1.54) is 11.3 Å². The molecule has 0 aromatic carbocycles. The molecule has 0 spiro atoms. The number of nitrogens with zero attached hydrogens (tertiary/aromatic N) is 5. The fraction of sp³-hybridized carbons (Fsp3) is 0.231. The summed E-state index contributed by atoms with van der Waals surface area (Å²) in [4.78, 5) is 13.2. The lowest BCUT2D eigenvalue weighted by molar-refractivity contribution is 0.888. The SMILES string of the molecule is c1cncc(-c2nc3c4c(ncn3n2)CCC4)c1. The maximum absolute atomic E-state index is 4.63. The maximum Gasteiger partial charge on any atom is 0.183 e. The molecule has 3 aromatic heterocycles. The summed E-state index contributed by atoms with van der Waals surface area (Å²) >= 11 is 0. The second-order valence-electron chi connectivity index (χ2n) is 4.47. The lowest BCUT2D eigenvalue weighted by Crippen LogP contribution is -1.96. The summed E-state index contributed by atoms with van der Waals surface area (Å²) in [5.74, 6) is 0.713. The van der Waals surface area contributed by atoms with Crippen LogP contribution >= 0.6 is 0 Å². The average Bonchev–Trinajstić information content (AvgIpc) is 3.05. The van der Waals surface area contributed by atoms with Gasteiger partial charge < -0.3 is 0 Å². The summed E-state index contributed by atoms with van der Waals surface area (Å²) in [6.45, 7) is 0. The van der Waals surface area contributed by atoms with Crippen molar-refractivity contribution in [2.45, 2.75) is 19.3 Å². The van der Waals surface area contributed by atoms with E-state index in [-0.39, 0.29) is 0 Å². The highest BCUT2D eigenvalue weighted by Gasteiger charge is 2.18. The van der Waals surface area contributed by atoms with Crippen LogP contribution in [-0.2, 0) is 12.8 Å². The van der Waals surface area contributed by atoms with Gasteiger partial charge in [0.2, 0.25) is 0 Å². The number of fused-ring (bicyclic) bond motifs is 3. The summed E-state index contributed by atoms with van der Waals surface area (Å²) in [6.07, 6.45) is 8.56. The largest absolute Gasteiger partial charge is 0.264 e. The lowest BCUT2D eigenvalue weighted by atomic mass is 10.2. The van der Waals surface area contributed by atoms with Gasteiger partial charge in [-0.15, -0.1) is 5.10 Å². The van der Waals surface area contributed by atoms with Crippen molar-refractivity contribution >= 4 is 5.65 Å². The van der Waals surface area contributed by atoms with E-state index >= 15 is 0 Å². The highest BCUT2D eigenvalue weighted by Crippen LogP contribution is 2.24. The molecule has 0 saturated carbocycles. The Morgan fingerprint density at radius 2 is 2.22 bits per heavy atom. The van der Waals surface area contributed by atoms with E-state index in [1.807, 2.05) is 12.1 Å². The Morgan fingerprint density at radius 1 is 1.22 bits per heavy atom. The molecular weight excluding hydrogens is 226 g/mol. The average molecular weight is 237 g/mol. The zero-order chi connectivity index (χ0) is 11.9. The fourth-order valence-corrected chi connectivity index (χ4v) is 2.46. The van der Waals surface area contributed by atoms with Crippen LogP contribution in [-0.4, -0.2) is 24.6 Å². The zero-order valence-electron chi connectivity index (χ0n) is 9.74. The van der Waals surface area contributed by atoms with Crippen molar-refractivity contribution in [1.82, 2.24) is 24.6 Å². The zero-order valence-corrected chi connectivity index (χ0v) is 9.74. The first-order valence-electron chi connectivity index (χ1n) is 6.05. The number of pyridine rings is 1. The molecule has 0 amide bonds. The monoisotopic (exact) mass is 237 g/mol. The number of aryl methyl sites for hydroxylation is 2. The van der Waals surface area contributed by atoms with Crippen molar-refractivity contribution in [3.8, 4) is 11.4 Å². The predicted molar refractivity (Wildman–Crippen MR) is 66.0 cm³/mol. The van der Waals surface area contributed by atoms with Gasteiger partial charge in [0.25, 0.3) is 0 Å². The summed E-state index contributed by atoms with van der Waals surface area (Å²) < 4.78 is 1.77. The minimum Gasteiger partial charge on any atom is -0.264 e. The Bertz CT molecular complexity index is 717. The molecule has 0 bridgehead atoms. The molecule has 5 heteroatoms. The van der Waals surface area contributed by atoms with Gasteiger partial charge >= 0.3 is 0 Å². The third-order valence-corrected chi connectivity index (χ3v) is 3.33. The molecule has 1 aliphatic carbocycles. The maximum atomic E-state index is 4.63. The van der Waals surface area contributed by atoms with Gasteiger partial charge in [-0.05, 0) is 31.4 Å². The van der Waals surface area contributed by atoms with Crippen molar-refractivity contribution in [3.05, 3.63) is 42.1 Å². The van der Waals surface area contributed by atoms with Crippen LogP contribution < -0.4 is 0 Å². The Balaban J connectivity index is 1.95. The molecule has 5 nitrogen and oxygen atoms in total. The quantitative estimate of drug-likeness (QED) is 0.646. The van der Waals surface area contributed by atoms with E-state index in [4.69, 9.17) is 0 Å². The smallest absolute Gasteiger partial charge is 0.183 e. The predicted octanol–water partition coefficient (Wildman–Crippen LogP) is 1.67. The van der Waals surface area contributed by atoms with Gasteiger partial charge in [-0.1, -0.05) is 0 Å². The number of rotatable bonds is 1. The van der Waals surface area contributed by atoms with Gasteiger partial charge in [0.05, 0.1) is 0 Å². The van der Waals surface area contributed by atoms with Crippen LogP contribution in [0.1, 0.15) is 17.7 Å². The summed E-state index contributed by atoms with van der Waals surface area (Å²) in [5.41, 5.74) is 4.30. The van der Waals surface area contributed by atoms with Crippen LogP contribution in [0.15, 0.2) is 30.9 Å². The first-order valence-corrected chi connectivity index (χ1v) is 6.05. The molecule has 4 rings (SSSR count). The molecule has 3 heterocycles. The number of aromatic nitrogens is 5. The van der Waals surface area contributed by atoms with Gasteiger partial charge in [-0.25, -0.2) is 14.5 Å². The molecule has 0 unspecified atom stereocenters. The number of hydrogen-bond donors (Lipinski definition) is 0. The van der Waals surface area contributed by atoms with Crippen molar-refractivity contribution in [2.24, 2.45) is 0 Å². The van der Waals surface area contributed by atoms with Gasteiger partial charge in [0.1, 0.15) is 6.33 Å². The van der Waals surface area contributed by atoms with Crippen molar-refractivity contribution < 1.29 is 0 Å². The summed E-state index contributed by atoms with van der Waals surface area (Å²) in [5, 5.41) is 4.46. The van der Waals surface area contributed by atoms with Crippen molar-refractivity contribution in [3.63, 3.8) is 0 Å². The molecule has 1 aliphatic rings. The Morgan fingerprint density at radius 3 is 3.11 bits per heavy atom. The Labute approximate surface area is 104 Å². The molecule has 3 aromatic rings. The van der Waals surface area contributed by atoms with Crippen LogP contribution in [0, 0.1) is 0 Å². The molecule has 0 N–H and O–H groups in total. The summed E-state index contributed by atoms with van der Waals surface area (Å²) in [7, 11) is 0. The third kappa shape index (κ3) is 1.33. The van der Waals surface area contributed by atoms with Crippen molar-refractivity contribution in [1.29, 1.82) is 0 Å². The molecule has 0 atom stereocenters. The molecule has 0 fully saturated rings. The van der Waals surface area contributed by atoms with Gasteiger partial charge in [-0.2, -0.15) is 0 Å². The highest BCUT2D eigenvalue weighted by molar-refractivity contribution is 5.60. The Hall–Kier alpha value is -2.30. The van der Waals surface area contributed by atoms with E-state index in [1.54, 1.807) is 23.2 Å². The first kappa shape index (κ1) is 9.70. The second-order valence-corrected chi connectivity index (χ2v) is 4.47. The van der Waals surface area contributed by atoms with Crippen LogP contribution in [0.3, 0.4) is 0 Å². The molecule has 0 saturated heterocycles. The first-order chi connectivity index (χ1) is 8.92. The standard InChI is InChI=1S/C13H11N5/c1-4-10-11(5-1)15-8-18-13(10)16-12(17-18)9-3-2-6-14-7-9/h2-3,6-8H,1,4-5H2. The van der Waals surface area contributed by atoms with Crippen LogP contribution in [0.2, 0.25) is 0 Å². The van der Waals surface area contributed by atoms with E-state index in [9.17, 15) is 0 Å². The second kappa shape index (κ2) is 3.60. The Kier molecular flexibility index (Phi) is 1.94. The fourth-order valence-electron chi connectivity index (χ4n) is 2.46. The van der Waals surface area contributed by atoms with Crippen LogP contribution in [0.5, 0.6) is 0 Å². The van der Waals surface area contributed by atoms with Crippen LogP contribution in [0.25, 0.3) is 17.0 Å². The molecule has 0 aliphatic heterocycles. The minimum absolute atomic E-state index is 0.713. The van der Waals surface area contributed by atoms with E-state index in [2.05, 4.69) is 20.1 Å². The number of hydrogen-bond acceptors (Lipinski definition) is 4. The minimum atomic E-state index is 0.713. The van der Waals surface area contributed by atoms with Gasteiger partial charge in [-0.3, -0.25) is 4.98 Å². The van der Waals surface area contributed by atoms with Crippen molar-refractivity contribution in [2.75, 3.05) is 0 Å². The normalized spacial score (nSPS) is 14.0. The topological polar surface area (TPSA) is 56.0 Å². The lowest BCUT2D eigenvalue weighted by Gasteiger charge is -1.97. The van der Waals surface area contributed by atoms with E-state index in [0.717, 1.165) is 30.5 Å². The van der Waals surface area contributed by atoms with Gasteiger partial charge in [0.15, 0.2) is 11.5 Å². The molecule has 18 heavy (non-hydrogen) atoms. The third-order valence-electron chi connectivity index (χ3n) is 3.33. The molecule has 88 valence electrons. The van der Waals surface area contributed by atoms with Crippen LogP contribution in [0.4, 0.5) is 0 Å². The van der Waals surface area contributed by atoms with E-state index in [0.29, 0.717) is 5.82 Å². The molecular formula is C13H11N5. The summed E-state index contributed by atoms with van der Waals surface area (Å²) in [6, 6.07) is 3.86. The van der Waals surface area contributed by atoms with Gasteiger partial charge in [0, 0.05) is 29.2 Å². The molecule has 0 radical (unpaired) electrons.